The van der Waals surface area contributed by atoms with Crippen LogP contribution in [0.15, 0.2) is 170 Å². The highest BCUT2D eigenvalue weighted by atomic mass is 16.6. The van der Waals surface area contributed by atoms with Gasteiger partial charge >= 0.3 is 11.9 Å². The standard InChI is InChI=1S/C28H28O4.C20H22O2.C8H8O3/c1-4-6-20-8-12-22(13-9-20)26(29)27(23-14-10-21(7-5-2)11-15-23)32-28(30)24-16-18-25(31-3)19-17-24;1-3-5-15-7-11-17(12-8-15)19(21)20(22)18-13-9-16(6-4-2)10-14-18;1-11-7-4-2-6(3-5-7)8(9)10/h4-19,26-27,29H,1-3H3;3-14,19-22H,1-2H3;2-5H,1H3,(H,9,10)/b6-4+,7-5+;5-3+,6-4+;. The molecule has 0 fully saturated rings. The summed E-state index contributed by atoms with van der Waals surface area (Å²) in [6, 6.07) is 43.2. The molecule has 0 aromatic heterocycles. The molecule has 4 N–H and O–H groups in total. The largest absolute Gasteiger partial charge is 0.497 e. The molecule has 4 atom stereocenters. The number of aliphatic hydroxyl groups is 3. The molecule has 6 rings (SSSR count). The number of hydrogen-bond donors (Lipinski definition) is 4. The zero-order valence-electron chi connectivity index (χ0n) is 37.6. The molecule has 0 aliphatic carbocycles. The molecule has 6 aromatic rings. The third kappa shape index (κ3) is 15.5. The molecule has 0 aliphatic rings. The maximum Gasteiger partial charge on any atom is 0.338 e. The van der Waals surface area contributed by atoms with Crippen molar-refractivity contribution in [1.29, 1.82) is 0 Å². The molecule has 9 heteroatoms. The zero-order valence-corrected chi connectivity index (χ0v) is 37.6. The quantitative estimate of drug-likeness (QED) is 0.0742. The van der Waals surface area contributed by atoms with Crippen molar-refractivity contribution >= 4 is 36.2 Å². The van der Waals surface area contributed by atoms with Crippen LogP contribution in [0.4, 0.5) is 0 Å². The number of allylic oxidation sites excluding steroid dienone is 4. The summed E-state index contributed by atoms with van der Waals surface area (Å²) in [6.45, 7) is 7.83. The highest BCUT2D eigenvalue weighted by Gasteiger charge is 2.28. The Kier molecular flexibility index (Phi) is 20.4. The first-order valence-electron chi connectivity index (χ1n) is 21.1. The second kappa shape index (κ2) is 26.4. The van der Waals surface area contributed by atoms with E-state index in [9.17, 15) is 24.9 Å². The van der Waals surface area contributed by atoms with Gasteiger partial charge in [0.15, 0.2) is 6.10 Å². The van der Waals surface area contributed by atoms with Crippen molar-refractivity contribution in [3.8, 4) is 11.5 Å². The zero-order chi connectivity index (χ0) is 47.1. The highest BCUT2D eigenvalue weighted by molar-refractivity contribution is 5.89. The average Bonchev–Trinajstić information content (AvgIpc) is 3.34. The summed E-state index contributed by atoms with van der Waals surface area (Å²) in [4.78, 5) is 23.2. The minimum absolute atomic E-state index is 0.269. The number of benzene rings is 6. The maximum absolute atomic E-state index is 12.9. The van der Waals surface area contributed by atoms with E-state index in [1.54, 1.807) is 43.5 Å². The Labute approximate surface area is 382 Å². The lowest BCUT2D eigenvalue weighted by molar-refractivity contribution is -0.0209. The predicted molar refractivity (Wildman–Crippen MR) is 261 cm³/mol. The van der Waals surface area contributed by atoms with Crippen LogP contribution in [-0.4, -0.2) is 46.6 Å². The van der Waals surface area contributed by atoms with E-state index >= 15 is 0 Å². The smallest absolute Gasteiger partial charge is 0.338 e. The maximum atomic E-state index is 12.9. The minimum atomic E-state index is -1.02. The summed E-state index contributed by atoms with van der Waals surface area (Å²) in [5.74, 6) is -0.124. The lowest BCUT2D eigenvalue weighted by Gasteiger charge is -2.24. The monoisotopic (exact) mass is 874 g/mol. The van der Waals surface area contributed by atoms with Gasteiger partial charge in [-0.25, -0.2) is 9.59 Å². The van der Waals surface area contributed by atoms with Gasteiger partial charge in [-0.05, 0) is 121 Å². The normalized spacial score (nSPS) is 13.0. The van der Waals surface area contributed by atoms with Crippen LogP contribution in [0.5, 0.6) is 11.5 Å². The number of hydrogen-bond acceptors (Lipinski definition) is 8. The molecule has 9 nitrogen and oxygen atoms in total. The van der Waals surface area contributed by atoms with E-state index in [2.05, 4.69) is 0 Å². The number of carbonyl (C=O) groups is 2. The number of aromatic carboxylic acids is 1. The fraction of sp³-hybridized carbons (Fsp3) is 0.179. The van der Waals surface area contributed by atoms with E-state index in [0.29, 0.717) is 39.3 Å². The number of carboxylic acid groups (broad SMARTS) is 1. The molecule has 6 aromatic carbocycles. The molecule has 0 saturated heterocycles. The van der Waals surface area contributed by atoms with Crippen molar-refractivity contribution in [2.75, 3.05) is 14.2 Å². The number of methoxy groups -OCH3 is 2. The molecule has 65 heavy (non-hydrogen) atoms. The van der Waals surface area contributed by atoms with E-state index in [0.717, 1.165) is 22.3 Å². The van der Waals surface area contributed by atoms with Crippen LogP contribution < -0.4 is 9.47 Å². The van der Waals surface area contributed by atoms with Gasteiger partial charge in [0.1, 0.15) is 29.8 Å². The lowest BCUT2D eigenvalue weighted by Crippen LogP contribution is -2.19. The van der Waals surface area contributed by atoms with Crippen molar-refractivity contribution < 1.29 is 44.2 Å². The van der Waals surface area contributed by atoms with Gasteiger partial charge in [0.25, 0.3) is 0 Å². The summed E-state index contributed by atoms with van der Waals surface area (Å²) < 4.78 is 15.8. The van der Waals surface area contributed by atoms with Crippen LogP contribution in [0.3, 0.4) is 0 Å². The van der Waals surface area contributed by atoms with Crippen LogP contribution in [0.25, 0.3) is 24.3 Å². The Morgan fingerprint density at radius 1 is 0.415 bits per heavy atom. The van der Waals surface area contributed by atoms with Crippen molar-refractivity contribution in [3.63, 3.8) is 0 Å². The van der Waals surface area contributed by atoms with Gasteiger partial charge in [-0.2, -0.15) is 0 Å². The molecule has 0 heterocycles. The van der Waals surface area contributed by atoms with Crippen LogP contribution in [0.1, 0.15) is 117 Å². The second-order valence-electron chi connectivity index (χ2n) is 14.6. The Balaban J connectivity index is 0.000000241. The van der Waals surface area contributed by atoms with Crippen molar-refractivity contribution in [2.45, 2.75) is 52.1 Å². The van der Waals surface area contributed by atoms with E-state index in [1.807, 2.05) is 173 Å². The van der Waals surface area contributed by atoms with Crippen LogP contribution in [-0.2, 0) is 4.74 Å². The Morgan fingerprint density at radius 2 is 0.708 bits per heavy atom. The molecule has 0 aliphatic heterocycles. The minimum Gasteiger partial charge on any atom is -0.497 e. The number of carboxylic acids is 1. The van der Waals surface area contributed by atoms with Crippen LogP contribution >= 0.6 is 0 Å². The van der Waals surface area contributed by atoms with Crippen LogP contribution in [0.2, 0.25) is 0 Å². The first-order valence-corrected chi connectivity index (χ1v) is 21.1. The number of ether oxygens (including phenoxy) is 3. The summed E-state index contributed by atoms with van der Waals surface area (Å²) in [5.41, 5.74) is 7.66. The van der Waals surface area contributed by atoms with E-state index in [4.69, 9.17) is 19.3 Å². The van der Waals surface area contributed by atoms with Gasteiger partial charge in [-0.15, -0.1) is 0 Å². The predicted octanol–water partition coefficient (Wildman–Crippen LogP) is 12.3. The number of rotatable bonds is 15. The van der Waals surface area contributed by atoms with Crippen molar-refractivity contribution in [3.05, 3.63) is 226 Å². The van der Waals surface area contributed by atoms with Crippen LogP contribution in [0, 0.1) is 0 Å². The lowest BCUT2D eigenvalue weighted by atomic mass is 9.96. The summed E-state index contributed by atoms with van der Waals surface area (Å²) >= 11 is 0. The van der Waals surface area contributed by atoms with Gasteiger partial charge in [0.05, 0.1) is 25.3 Å². The summed E-state index contributed by atoms with van der Waals surface area (Å²) in [6.07, 6.45) is 12.0. The van der Waals surface area contributed by atoms with E-state index in [-0.39, 0.29) is 5.56 Å². The molecular formula is C56H58O9. The molecule has 0 amide bonds. The third-order valence-corrected chi connectivity index (χ3v) is 10.0. The molecule has 0 saturated carbocycles. The molecule has 0 bridgehead atoms. The average molecular weight is 875 g/mol. The molecule has 0 radical (unpaired) electrons. The fourth-order valence-corrected chi connectivity index (χ4v) is 6.48. The van der Waals surface area contributed by atoms with Gasteiger partial charge in [0, 0.05) is 0 Å². The fourth-order valence-electron chi connectivity index (χ4n) is 6.48. The van der Waals surface area contributed by atoms with Gasteiger partial charge in [-0.1, -0.05) is 146 Å². The number of carbonyl (C=O) groups excluding carboxylic acids is 1. The molecule has 0 spiro atoms. The highest BCUT2D eigenvalue weighted by Crippen LogP contribution is 2.34. The third-order valence-electron chi connectivity index (χ3n) is 10.0. The van der Waals surface area contributed by atoms with E-state index < -0.39 is 36.4 Å². The molecule has 4 unspecified atom stereocenters. The number of aliphatic hydroxyl groups excluding tert-OH is 3. The Bertz CT molecular complexity index is 2410. The van der Waals surface area contributed by atoms with Crippen molar-refractivity contribution in [2.24, 2.45) is 0 Å². The Morgan fingerprint density at radius 3 is 1.00 bits per heavy atom. The van der Waals surface area contributed by atoms with E-state index in [1.165, 1.54) is 19.2 Å². The SMILES string of the molecule is C/C=C/c1ccc(C(O)C(O)c2ccc(/C=C/C)cc2)cc1.C/C=C/c1ccc(C(O)C(OC(=O)c2ccc(OC)cc2)c2ccc(/C=C/C)cc2)cc1.COc1ccc(C(=O)O)cc1. The first-order chi connectivity index (χ1) is 31.4. The summed E-state index contributed by atoms with van der Waals surface area (Å²) in [5, 5.41) is 40.4. The second-order valence-corrected chi connectivity index (χ2v) is 14.6. The number of esters is 1. The topological polar surface area (TPSA) is 143 Å². The van der Waals surface area contributed by atoms with Gasteiger partial charge < -0.3 is 34.6 Å². The van der Waals surface area contributed by atoms with Crippen molar-refractivity contribution in [1.82, 2.24) is 0 Å². The molecular weight excluding hydrogens is 817 g/mol. The Hall–Kier alpha value is -7.30. The summed E-state index contributed by atoms with van der Waals surface area (Å²) in [7, 11) is 3.11. The molecule has 336 valence electrons. The first kappa shape index (κ1) is 50.3. The van der Waals surface area contributed by atoms with Gasteiger partial charge in [0.2, 0.25) is 0 Å². The van der Waals surface area contributed by atoms with Gasteiger partial charge in [-0.3, -0.25) is 0 Å².